The third-order valence-corrected chi connectivity index (χ3v) is 4.89. The molecule has 6 nitrogen and oxygen atoms in total. The molecule has 0 spiro atoms. The summed E-state index contributed by atoms with van der Waals surface area (Å²) in [5.41, 5.74) is 4.68. The Morgan fingerprint density at radius 1 is 0.938 bits per heavy atom. The zero-order chi connectivity index (χ0) is 22.3. The number of nitrogens with one attached hydrogen (secondary N) is 1. The average Bonchev–Trinajstić information content (AvgIpc) is 3.23. The molecular formula is C25H17BrN2O4. The van der Waals surface area contributed by atoms with Crippen LogP contribution in [0.15, 0.2) is 98.9 Å². The maximum Gasteiger partial charge on any atom is 0.336 e. The number of esters is 1. The van der Waals surface area contributed by atoms with Crippen LogP contribution in [-0.2, 0) is 4.79 Å². The van der Waals surface area contributed by atoms with Gasteiger partial charge in [0.15, 0.2) is 5.76 Å². The Hall–Kier alpha value is -3.97. The Bertz CT molecular complexity index is 1310. The number of amides is 1. The van der Waals surface area contributed by atoms with Crippen molar-refractivity contribution in [3.8, 4) is 5.75 Å². The Kier molecular flexibility index (Phi) is 6.57. The van der Waals surface area contributed by atoms with E-state index in [0.717, 1.165) is 21.0 Å². The summed E-state index contributed by atoms with van der Waals surface area (Å²) in [7, 11) is 0. The highest BCUT2D eigenvalue weighted by atomic mass is 79.9. The fourth-order valence-corrected chi connectivity index (χ4v) is 3.23. The monoisotopic (exact) mass is 488 g/mol. The van der Waals surface area contributed by atoms with Crippen LogP contribution in [0.4, 0.5) is 0 Å². The lowest BCUT2D eigenvalue weighted by molar-refractivity contribution is -0.128. The lowest BCUT2D eigenvalue weighted by Gasteiger charge is -2.01. The van der Waals surface area contributed by atoms with E-state index in [0.29, 0.717) is 11.3 Å². The van der Waals surface area contributed by atoms with Crippen molar-refractivity contribution in [2.45, 2.75) is 0 Å². The van der Waals surface area contributed by atoms with Gasteiger partial charge in [0.1, 0.15) is 11.3 Å². The minimum Gasteiger partial charge on any atom is -0.451 e. The molecule has 1 N–H and O–H groups in total. The lowest BCUT2D eigenvalue weighted by atomic mass is 10.2. The second-order valence-corrected chi connectivity index (χ2v) is 7.64. The zero-order valence-corrected chi connectivity index (χ0v) is 18.3. The molecule has 0 fully saturated rings. The van der Waals surface area contributed by atoms with Crippen molar-refractivity contribution in [3.63, 3.8) is 0 Å². The molecule has 1 amide bonds. The van der Waals surface area contributed by atoms with Crippen LogP contribution in [0, 0.1) is 0 Å². The number of nitrogens with zero attached hydrogens (tertiary/aromatic N) is 1. The first kappa shape index (κ1) is 21.3. The van der Waals surface area contributed by atoms with E-state index in [2.05, 4.69) is 26.5 Å². The summed E-state index contributed by atoms with van der Waals surface area (Å²) in [5, 5.41) is 4.76. The van der Waals surface area contributed by atoms with E-state index in [4.69, 9.17) is 9.15 Å². The van der Waals surface area contributed by atoms with Gasteiger partial charge in [0.25, 0.3) is 0 Å². The standard InChI is InChI=1S/C25H17BrN2O4/c26-20-9-12-22-19(14-20)15-23(32-22)25(30)28-27-16-18-6-10-21(11-7-18)31-24(29)13-8-17-4-2-1-3-5-17/h1-16H,(H,28,30)/b13-8+,27-16+. The molecule has 7 heteroatoms. The number of hydrogen-bond donors (Lipinski definition) is 1. The number of carbonyl (C=O) groups excluding carboxylic acids is 2. The van der Waals surface area contributed by atoms with Crippen LogP contribution in [0.1, 0.15) is 21.7 Å². The molecule has 0 radical (unpaired) electrons. The minimum atomic E-state index is -0.472. The molecule has 0 atom stereocenters. The molecule has 32 heavy (non-hydrogen) atoms. The van der Waals surface area contributed by atoms with Crippen molar-refractivity contribution in [2.24, 2.45) is 5.10 Å². The molecule has 0 aliphatic heterocycles. The maximum absolute atomic E-state index is 12.2. The first-order valence-electron chi connectivity index (χ1n) is 9.64. The van der Waals surface area contributed by atoms with Crippen LogP contribution in [0.3, 0.4) is 0 Å². The second-order valence-electron chi connectivity index (χ2n) is 6.73. The van der Waals surface area contributed by atoms with Crippen molar-refractivity contribution < 1.29 is 18.7 Å². The number of hydrogen-bond acceptors (Lipinski definition) is 5. The van der Waals surface area contributed by atoms with Crippen molar-refractivity contribution >= 4 is 51.1 Å². The van der Waals surface area contributed by atoms with E-state index in [1.54, 1.807) is 42.5 Å². The molecule has 0 saturated heterocycles. The summed E-state index contributed by atoms with van der Waals surface area (Å²) in [6, 6.07) is 23.4. The Labute approximate surface area is 192 Å². The van der Waals surface area contributed by atoms with Crippen LogP contribution in [0.5, 0.6) is 5.75 Å². The summed E-state index contributed by atoms with van der Waals surface area (Å²) in [6.07, 6.45) is 4.54. The number of carbonyl (C=O) groups is 2. The largest absolute Gasteiger partial charge is 0.451 e. The topological polar surface area (TPSA) is 80.9 Å². The predicted molar refractivity (Wildman–Crippen MR) is 127 cm³/mol. The molecule has 4 rings (SSSR count). The summed E-state index contributed by atoms with van der Waals surface area (Å²) in [5.74, 6) is -0.354. The first-order valence-corrected chi connectivity index (χ1v) is 10.4. The van der Waals surface area contributed by atoms with Crippen LogP contribution in [-0.4, -0.2) is 18.1 Å². The molecule has 4 aromatic rings. The molecule has 1 heterocycles. The van der Waals surface area contributed by atoms with E-state index in [-0.39, 0.29) is 5.76 Å². The van der Waals surface area contributed by atoms with Gasteiger partial charge in [-0.1, -0.05) is 46.3 Å². The molecule has 3 aromatic carbocycles. The second kappa shape index (κ2) is 9.89. The van der Waals surface area contributed by atoms with Gasteiger partial charge in [0.2, 0.25) is 0 Å². The third-order valence-electron chi connectivity index (χ3n) is 4.39. The van der Waals surface area contributed by atoms with Crippen molar-refractivity contribution in [1.29, 1.82) is 0 Å². The molecule has 0 unspecified atom stereocenters. The number of furan rings is 1. The van der Waals surface area contributed by atoms with Gasteiger partial charge in [0.05, 0.1) is 6.21 Å². The molecular weight excluding hydrogens is 472 g/mol. The van der Waals surface area contributed by atoms with Crippen LogP contribution < -0.4 is 10.2 Å². The predicted octanol–water partition coefficient (Wildman–Crippen LogP) is 5.58. The van der Waals surface area contributed by atoms with E-state index < -0.39 is 11.9 Å². The highest BCUT2D eigenvalue weighted by Gasteiger charge is 2.11. The quantitative estimate of drug-likeness (QED) is 0.126. The highest BCUT2D eigenvalue weighted by molar-refractivity contribution is 9.10. The molecule has 0 aliphatic rings. The van der Waals surface area contributed by atoms with Gasteiger partial charge in [-0.15, -0.1) is 0 Å². The number of rotatable bonds is 6. The van der Waals surface area contributed by atoms with Gasteiger partial charge in [-0.05, 0) is 65.7 Å². The molecule has 158 valence electrons. The normalized spacial score (nSPS) is 11.3. The number of hydrazone groups is 1. The highest BCUT2D eigenvalue weighted by Crippen LogP contribution is 2.23. The van der Waals surface area contributed by atoms with Crippen molar-refractivity contribution in [1.82, 2.24) is 5.43 Å². The smallest absolute Gasteiger partial charge is 0.336 e. The fourth-order valence-electron chi connectivity index (χ4n) is 2.85. The summed E-state index contributed by atoms with van der Waals surface area (Å²) in [4.78, 5) is 24.2. The summed E-state index contributed by atoms with van der Waals surface area (Å²) >= 11 is 3.39. The van der Waals surface area contributed by atoms with Crippen molar-refractivity contribution in [2.75, 3.05) is 0 Å². The van der Waals surface area contributed by atoms with Crippen LogP contribution in [0.2, 0.25) is 0 Å². The minimum absolute atomic E-state index is 0.168. The number of fused-ring (bicyclic) bond motifs is 1. The van der Waals surface area contributed by atoms with Gasteiger partial charge in [-0.2, -0.15) is 5.10 Å². The number of benzene rings is 3. The SMILES string of the molecule is O=C(/C=C/c1ccccc1)Oc1ccc(/C=N/NC(=O)c2cc3cc(Br)ccc3o2)cc1. The maximum atomic E-state index is 12.2. The molecule has 0 aliphatic carbocycles. The van der Waals surface area contributed by atoms with Gasteiger partial charge in [0, 0.05) is 15.9 Å². The van der Waals surface area contributed by atoms with Crippen molar-refractivity contribution in [3.05, 3.63) is 106 Å². The van der Waals surface area contributed by atoms with Crippen LogP contribution in [0.25, 0.3) is 17.0 Å². The van der Waals surface area contributed by atoms with E-state index in [1.165, 1.54) is 12.3 Å². The average molecular weight is 489 g/mol. The molecule has 0 bridgehead atoms. The Morgan fingerprint density at radius 2 is 1.72 bits per heavy atom. The Balaban J connectivity index is 1.31. The van der Waals surface area contributed by atoms with E-state index >= 15 is 0 Å². The van der Waals surface area contributed by atoms with Gasteiger partial charge < -0.3 is 9.15 Å². The molecule has 1 aromatic heterocycles. The van der Waals surface area contributed by atoms with E-state index in [1.807, 2.05) is 42.5 Å². The third kappa shape index (κ3) is 5.59. The van der Waals surface area contributed by atoms with Gasteiger partial charge in [-0.3, -0.25) is 4.79 Å². The Morgan fingerprint density at radius 3 is 2.50 bits per heavy atom. The molecule has 0 saturated carbocycles. The number of halogens is 1. The lowest BCUT2D eigenvalue weighted by Crippen LogP contribution is -2.16. The number of ether oxygens (including phenoxy) is 1. The van der Waals surface area contributed by atoms with Crippen LogP contribution >= 0.6 is 15.9 Å². The fraction of sp³-hybridized carbons (Fsp3) is 0. The van der Waals surface area contributed by atoms with Gasteiger partial charge >= 0.3 is 11.9 Å². The first-order chi connectivity index (χ1) is 15.6. The zero-order valence-electron chi connectivity index (χ0n) is 16.7. The summed E-state index contributed by atoms with van der Waals surface area (Å²) < 4.78 is 11.7. The van der Waals surface area contributed by atoms with Gasteiger partial charge in [-0.25, -0.2) is 10.2 Å². The van der Waals surface area contributed by atoms with E-state index in [9.17, 15) is 9.59 Å². The summed E-state index contributed by atoms with van der Waals surface area (Å²) in [6.45, 7) is 0.